The lowest BCUT2D eigenvalue weighted by molar-refractivity contribution is -0.112. The fourth-order valence-corrected chi connectivity index (χ4v) is 3.28. The van der Waals surface area contributed by atoms with Gasteiger partial charge in [-0.1, -0.05) is 35.9 Å². The van der Waals surface area contributed by atoms with Gasteiger partial charge in [0.25, 0.3) is 5.91 Å². The number of hydrogen-bond donors (Lipinski definition) is 1. The van der Waals surface area contributed by atoms with Gasteiger partial charge in [0.05, 0.1) is 13.2 Å². The van der Waals surface area contributed by atoms with Gasteiger partial charge in [-0.05, 0) is 74.4 Å². The maximum atomic E-state index is 12.6. The largest absolute Gasteiger partial charge is 0.494 e. The summed E-state index contributed by atoms with van der Waals surface area (Å²) >= 11 is 0. The van der Waals surface area contributed by atoms with E-state index in [-0.39, 0.29) is 5.57 Å². The molecule has 0 spiro atoms. The number of carbonyl (C=O) groups excluding carboxylic acids is 1. The third-order valence-electron chi connectivity index (χ3n) is 4.84. The van der Waals surface area contributed by atoms with E-state index in [4.69, 9.17) is 14.2 Å². The molecule has 1 amide bonds. The molecule has 0 heterocycles. The van der Waals surface area contributed by atoms with E-state index in [1.165, 1.54) is 11.6 Å². The van der Waals surface area contributed by atoms with Crippen LogP contribution >= 0.6 is 0 Å². The van der Waals surface area contributed by atoms with Gasteiger partial charge < -0.3 is 19.5 Å². The quantitative estimate of drug-likeness (QED) is 0.303. The molecule has 3 rings (SSSR count). The van der Waals surface area contributed by atoms with E-state index < -0.39 is 5.91 Å². The second kappa shape index (κ2) is 12.1. The highest BCUT2D eigenvalue weighted by Crippen LogP contribution is 2.30. The SMILES string of the molecule is CCOc1ccc(NC(=O)/C(C#N)=C\c2ccc(OCc3cccc(C)c3)c(OCC)c2)cc1. The summed E-state index contributed by atoms with van der Waals surface area (Å²) in [4.78, 5) is 12.6. The van der Waals surface area contributed by atoms with Gasteiger partial charge in [-0.2, -0.15) is 5.26 Å². The maximum Gasteiger partial charge on any atom is 0.266 e. The molecule has 3 aromatic rings. The Kier molecular flexibility index (Phi) is 8.70. The molecule has 0 unspecified atom stereocenters. The van der Waals surface area contributed by atoms with E-state index in [2.05, 4.69) is 11.4 Å². The van der Waals surface area contributed by atoms with Crippen LogP contribution in [0.4, 0.5) is 5.69 Å². The summed E-state index contributed by atoms with van der Waals surface area (Å²) in [6.45, 7) is 7.25. The number of carbonyl (C=O) groups is 1. The number of nitriles is 1. The van der Waals surface area contributed by atoms with E-state index in [1.54, 1.807) is 42.5 Å². The zero-order valence-corrected chi connectivity index (χ0v) is 19.6. The highest BCUT2D eigenvalue weighted by atomic mass is 16.5. The zero-order chi connectivity index (χ0) is 24.3. The molecule has 0 atom stereocenters. The van der Waals surface area contributed by atoms with Crippen LogP contribution in [0.5, 0.6) is 17.2 Å². The zero-order valence-electron chi connectivity index (χ0n) is 19.6. The molecule has 0 radical (unpaired) electrons. The Morgan fingerprint density at radius 1 is 0.941 bits per heavy atom. The topological polar surface area (TPSA) is 80.6 Å². The molecule has 0 saturated heterocycles. The third-order valence-corrected chi connectivity index (χ3v) is 4.84. The van der Waals surface area contributed by atoms with Crippen LogP contribution in [0.3, 0.4) is 0 Å². The van der Waals surface area contributed by atoms with Gasteiger partial charge in [-0.25, -0.2) is 0 Å². The molecule has 6 heteroatoms. The molecule has 6 nitrogen and oxygen atoms in total. The van der Waals surface area contributed by atoms with Gasteiger partial charge in [0.2, 0.25) is 0 Å². The highest BCUT2D eigenvalue weighted by molar-refractivity contribution is 6.09. The van der Waals surface area contributed by atoms with Crippen molar-refractivity contribution in [2.45, 2.75) is 27.4 Å². The summed E-state index contributed by atoms with van der Waals surface area (Å²) in [5, 5.41) is 12.3. The fraction of sp³-hybridized carbons (Fsp3) is 0.214. The van der Waals surface area contributed by atoms with Crippen molar-refractivity contribution in [3.8, 4) is 23.3 Å². The Bertz CT molecular complexity index is 1190. The van der Waals surface area contributed by atoms with Crippen LogP contribution in [0.25, 0.3) is 6.08 Å². The number of rotatable bonds is 10. The Morgan fingerprint density at radius 3 is 2.38 bits per heavy atom. The van der Waals surface area contributed by atoms with Crippen molar-refractivity contribution < 1.29 is 19.0 Å². The van der Waals surface area contributed by atoms with Gasteiger partial charge in [-0.3, -0.25) is 4.79 Å². The van der Waals surface area contributed by atoms with E-state index in [0.29, 0.717) is 48.3 Å². The molecule has 1 N–H and O–H groups in total. The van der Waals surface area contributed by atoms with Gasteiger partial charge in [-0.15, -0.1) is 0 Å². The lowest BCUT2D eigenvalue weighted by Crippen LogP contribution is -2.13. The molecule has 0 aliphatic carbocycles. The van der Waals surface area contributed by atoms with Crippen molar-refractivity contribution in [3.63, 3.8) is 0 Å². The summed E-state index contributed by atoms with van der Waals surface area (Å²) in [5.41, 5.74) is 3.43. The predicted octanol–water partition coefficient (Wildman–Crippen LogP) is 5.92. The number of ether oxygens (including phenoxy) is 3. The molecule has 0 aliphatic heterocycles. The Labute approximate surface area is 200 Å². The van der Waals surface area contributed by atoms with Crippen LogP contribution in [0, 0.1) is 18.3 Å². The van der Waals surface area contributed by atoms with Crippen LogP contribution in [0.15, 0.2) is 72.3 Å². The first-order valence-electron chi connectivity index (χ1n) is 11.1. The molecule has 0 aliphatic rings. The predicted molar refractivity (Wildman–Crippen MR) is 133 cm³/mol. The number of aryl methyl sites for hydroxylation is 1. The Morgan fingerprint density at radius 2 is 1.71 bits per heavy atom. The first-order chi connectivity index (χ1) is 16.5. The number of nitrogens with one attached hydrogen (secondary N) is 1. The fourth-order valence-electron chi connectivity index (χ4n) is 3.28. The lowest BCUT2D eigenvalue weighted by Gasteiger charge is -2.13. The maximum absolute atomic E-state index is 12.6. The average Bonchev–Trinajstić information content (AvgIpc) is 2.83. The summed E-state index contributed by atoms with van der Waals surface area (Å²) in [5.74, 6) is 1.36. The van der Waals surface area contributed by atoms with Gasteiger partial charge in [0.15, 0.2) is 11.5 Å². The minimum Gasteiger partial charge on any atom is -0.494 e. The molecule has 0 saturated carbocycles. The third kappa shape index (κ3) is 6.88. The van der Waals surface area contributed by atoms with Crippen molar-refractivity contribution in [3.05, 3.63) is 89.0 Å². The van der Waals surface area contributed by atoms with Gasteiger partial charge in [0.1, 0.15) is 24.0 Å². The smallest absolute Gasteiger partial charge is 0.266 e. The molecule has 0 fully saturated rings. The minimum atomic E-state index is -0.496. The van der Waals surface area contributed by atoms with E-state index in [1.807, 2.05) is 45.0 Å². The second-order valence-electron chi connectivity index (χ2n) is 7.50. The highest BCUT2D eigenvalue weighted by Gasteiger charge is 2.12. The molecule has 174 valence electrons. The van der Waals surface area contributed by atoms with Crippen LogP contribution in [0.2, 0.25) is 0 Å². The summed E-state index contributed by atoms with van der Waals surface area (Å²) in [7, 11) is 0. The van der Waals surface area contributed by atoms with Crippen molar-refractivity contribution in [1.82, 2.24) is 0 Å². The average molecular weight is 457 g/mol. The second-order valence-corrected chi connectivity index (χ2v) is 7.50. The molecule has 0 aromatic heterocycles. The Balaban J connectivity index is 1.74. The number of nitrogens with zero attached hydrogens (tertiary/aromatic N) is 1. The first-order valence-corrected chi connectivity index (χ1v) is 11.1. The summed E-state index contributed by atoms with van der Waals surface area (Å²) in [6, 6.07) is 22.4. The molecule has 0 bridgehead atoms. The van der Waals surface area contributed by atoms with E-state index in [9.17, 15) is 10.1 Å². The number of amides is 1. The lowest BCUT2D eigenvalue weighted by atomic mass is 10.1. The van der Waals surface area contributed by atoms with E-state index in [0.717, 1.165) is 5.56 Å². The minimum absolute atomic E-state index is 0.0234. The first kappa shape index (κ1) is 24.4. The summed E-state index contributed by atoms with van der Waals surface area (Å²) in [6.07, 6.45) is 1.52. The van der Waals surface area contributed by atoms with Crippen LogP contribution in [-0.2, 0) is 11.4 Å². The molecular formula is C28H28N2O4. The normalized spacial score (nSPS) is 10.8. The number of hydrogen-bond acceptors (Lipinski definition) is 5. The van der Waals surface area contributed by atoms with Crippen LogP contribution in [-0.4, -0.2) is 19.1 Å². The van der Waals surface area contributed by atoms with Gasteiger partial charge >= 0.3 is 0 Å². The monoisotopic (exact) mass is 456 g/mol. The van der Waals surface area contributed by atoms with Crippen molar-refractivity contribution in [1.29, 1.82) is 5.26 Å². The van der Waals surface area contributed by atoms with Crippen LogP contribution in [0.1, 0.15) is 30.5 Å². The summed E-state index contributed by atoms with van der Waals surface area (Å²) < 4.78 is 17.1. The number of benzene rings is 3. The van der Waals surface area contributed by atoms with Crippen LogP contribution < -0.4 is 19.5 Å². The molecule has 34 heavy (non-hydrogen) atoms. The Hall–Kier alpha value is -4.24. The number of anilines is 1. The standard InChI is InChI=1S/C28H28N2O4/c1-4-32-25-12-10-24(11-13-25)30-28(31)23(18-29)16-21-9-14-26(27(17-21)33-5-2)34-19-22-8-6-7-20(3)15-22/h6-17H,4-5,19H2,1-3H3,(H,30,31)/b23-16-. The van der Waals surface area contributed by atoms with Crippen molar-refractivity contribution in [2.24, 2.45) is 0 Å². The van der Waals surface area contributed by atoms with Gasteiger partial charge in [0, 0.05) is 5.69 Å². The molecular weight excluding hydrogens is 428 g/mol. The van der Waals surface area contributed by atoms with Crippen molar-refractivity contribution >= 4 is 17.7 Å². The van der Waals surface area contributed by atoms with E-state index >= 15 is 0 Å². The molecule has 3 aromatic carbocycles. The van der Waals surface area contributed by atoms with Crippen molar-refractivity contribution in [2.75, 3.05) is 18.5 Å².